The molecule has 1 heterocycles. The summed E-state index contributed by atoms with van der Waals surface area (Å²) in [6.07, 6.45) is 0.152. The number of carbonyl (C=O) groups excluding carboxylic acids is 1. The third kappa shape index (κ3) is 3.51. The Kier molecular flexibility index (Phi) is 4.76. The van der Waals surface area contributed by atoms with Crippen LogP contribution in [-0.4, -0.2) is 15.3 Å². The van der Waals surface area contributed by atoms with Gasteiger partial charge in [0.15, 0.2) is 0 Å². The molecule has 0 spiro atoms. The molecule has 3 rings (SSSR count). The van der Waals surface area contributed by atoms with Crippen molar-refractivity contribution in [3.8, 4) is 5.69 Å². The highest BCUT2D eigenvalue weighted by Crippen LogP contribution is 2.15. The fraction of sp³-hybridized carbons (Fsp3) is 0.158. The van der Waals surface area contributed by atoms with E-state index >= 15 is 0 Å². The number of carbonyl (C=O) groups is 1. The summed E-state index contributed by atoms with van der Waals surface area (Å²) in [5.74, 6) is -0.256. The highest BCUT2D eigenvalue weighted by molar-refractivity contribution is 6.30. The maximum Gasteiger partial charge on any atom is 0.295 e. The number of anilines is 1. The van der Waals surface area contributed by atoms with E-state index in [4.69, 9.17) is 11.6 Å². The van der Waals surface area contributed by atoms with E-state index in [0.717, 1.165) is 11.3 Å². The molecule has 1 N–H and O–H groups in total. The van der Waals surface area contributed by atoms with Gasteiger partial charge in [0.05, 0.1) is 17.8 Å². The Bertz CT molecular complexity index is 974. The molecule has 1 aromatic heterocycles. The molecule has 0 atom stereocenters. The second kappa shape index (κ2) is 6.99. The lowest BCUT2D eigenvalue weighted by Gasteiger charge is -2.07. The third-order valence-corrected chi connectivity index (χ3v) is 4.31. The molecule has 5 nitrogen and oxygen atoms in total. The van der Waals surface area contributed by atoms with Crippen molar-refractivity contribution in [1.82, 2.24) is 9.36 Å². The molecule has 0 unspecified atom stereocenters. The van der Waals surface area contributed by atoms with Gasteiger partial charge >= 0.3 is 0 Å². The van der Waals surface area contributed by atoms with Crippen LogP contribution in [0.2, 0.25) is 5.02 Å². The predicted octanol–water partition coefficient (Wildman–Crippen LogP) is 3.32. The van der Waals surface area contributed by atoms with Crippen molar-refractivity contribution in [2.75, 3.05) is 5.32 Å². The van der Waals surface area contributed by atoms with Crippen molar-refractivity contribution in [2.24, 2.45) is 7.05 Å². The Hall–Kier alpha value is -2.79. The highest BCUT2D eigenvalue weighted by atomic mass is 35.5. The van der Waals surface area contributed by atoms with Gasteiger partial charge < -0.3 is 5.32 Å². The topological polar surface area (TPSA) is 56.0 Å². The van der Waals surface area contributed by atoms with Gasteiger partial charge in [-0.05, 0) is 36.8 Å². The molecule has 0 aliphatic carbocycles. The lowest BCUT2D eigenvalue weighted by atomic mass is 10.1. The fourth-order valence-corrected chi connectivity index (χ4v) is 2.94. The lowest BCUT2D eigenvalue weighted by molar-refractivity contribution is -0.115. The summed E-state index contributed by atoms with van der Waals surface area (Å²) in [6.45, 7) is 1.80. The number of hydrogen-bond acceptors (Lipinski definition) is 2. The minimum absolute atomic E-state index is 0.152. The Morgan fingerprint density at radius 2 is 1.84 bits per heavy atom. The zero-order valence-corrected chi connectivity index (χ0v) is 14.7. The monoisotopic (exact) mass is 355 g/mol. The zero-order valence-electron chi connectivity index (χ0n) is 14.0. The van der Waals surface area contributed by atoms with Crippen LogP contribution in [0.4, 0.5) is 5.69 Å². The fourth-order valence-electron chi connectivity index (χ4n) is 2.73. The summed E-state index contributed by atoms with van der Waals surface area (Å²) in [7, 11) is 1.79. The Balaban J connectivity index is 1.88. The summed E-state index contributed by atoms with van der Waals surface area (Å²) in [5.41, 5.74) is 2.26. The summed E-state index contributed by atoms with van der Waals surface area (Å²) in [5, 5.41) is 3.32. The van der Waals surface area contributed by atoms with E-state index in [0.29, 0.717) is 16.4 Å². The first-order chi connectivity index (χ1) is 12.0. The van der Waals surface area contributed by atoms with Gasteiger partial charge in [-0.2, -0.15) is 0 Å². The van der Waals surface area contributed by atoms with Crippen molar-refractivity contribution in [2.45, 2.75) is 13.3 Å². The molecule has 0 saturated carbocycles. The first kappa shape index (κ1) is 17.0. The quantitative estimate of drug-likeness (QED) is 0.780. The molecule has 0 bridgehead atoms. The van der Waals surface area contributed by atoms with Gasteiger partial charge in [0.25, 0.3) is 5.56 Å². The van der Waals surface area contributed by atoms with E-state index in [-0.39, 0.29) is 17.9 Å². The second-order valence-corrected chi connectivity index (χ2v) is 6.23. The van der Waals surface area contributed by atoms with E-state index in [1.807, 2.05) is 36.4 Å². The van der Waals surface area contributed by atoms with Crippen LogP contribution in [-0.2, 0) is 18.3 Å². The number of nitrogens with one attached hydrogen (secondary N) is 1. The van der Waals surface area contributed by atoms with Crippen molar-refractivity contribution in [3.05, 3.63) is 81.2 Å². The number of rotatable bonds is 4. The standard InChI is InChI=1S/C19H18ClN3O2/c1-13-18(21-17(24)12-14-7-6-8-15(20)11-14)19(25)23(22(13)2)16-9-4-3-5-10-16/h3-11H,12H2,1-2H3,(H,21,24). The first-order valence-corrected chi connectivity index (χ1v) is 8.23. The van der Waals surface area contributed by atoms with E-state index in [1.165, 1.54) is 4.68 Å². The number of nitrogens with zero attached hydrogens (tertiary/aromatic N) is 2. The summed E-state index contributed by atoms with van der Waals surface area (Å²) < 4.78 is 3.26. The number of halogens is 1. The smallest absolute Gasteiger partial charge is 0.295 e. The van der Waals surface area contributed by atoms with E-state index < -0.39 is 0 Å². The van der Waals surface area contributed by atoms with Crippen LogP contribution in [0, 0.1) is 6.92 Å². The van der Waals surface area contributed by atoms with Crippen molar-refractivity contribution in [1.29, 1.82) is 0 Å². The summed E-state index contributed by atoms with van der Waals surface area (Å²) in [4.78, 5) is 25.1. The molecule has 2 aromatic carbocycles. The molecular weight excluding hydrogens is 338 g/mol. The molecule has 0 fully saturated rings. The van der Waals surface area contributed by atoms with Gasteiger partial charge in [-0.1, -0.05) is 41.9 Å². The van der Waals surface area contributed by atoms with Crippen molar-refractivity contribution < 1.29 is 4.79 Å². The SMILES string of the molecule is Cc1c(NC(=O)Cc2cccc(Cl)c2)c(=O)n(-c2ccccc2)n1C. The van der Waals surface area contributed by atoms with Gasteiger partial charge in [0, 0.05) is 12.1 Å². The number of amides is 1. The van der Waals surface area contributed by atoms with Crippen LogP contribution in [0.3, 0.4) is 0 Å². The normalized spacial score (nSPS) is 10.7. The molecule has 1 amide bonds. The van der Waals surface area contributed by atoms with E-state index in [1.54, 1.807) is 36.9 Å². The van der Waals surface area contributed by atoms with Crippen molar-refractivity contribution in [3.63, 3.8) is 0 Å². The maximum atomic E-state index is 12.8. The van der Waals surface area contributed by atoms with Gasteiger partial charge in [-0.3, -0.25) is 14.3 Å². The van der Waals surface area contributed by atoms with Gasteiger partial charge in [0.1, 0.15) is 5.69 Å². The zero-order chi connectivity index (χ0) is 18.0. The van der Waals surface area contributed by atoms with Crippen LogP contribution in [0.5, 0.6) is 0 Å². The molecule has 3 aromatic rings. The maximum absolute atomic E-state index is 12.8. The Labute approximate surface area is 150 Å². The predicted molar refractivity (Wildman–Crippen MR) is 99.5 cm³/mol. The number of aromatic nitrogens is 2. The molecule has 6 heteroatoms. The van der Waals surface area contributed by atoms with Crippen LogP contribution in [0.1, 0.15) is 11.3 Å². The van der Waals surface area contributed by atoms with Crippen LogP contribution < -0.4 is 10.9 Å². The van der Waals surface area contributed by atoms with E-state index in [2.05, 4.69) is 5.32 Å². The van der Waals surface area contributed by atoms with Gasteiger partial charge in [-0.15, -0.1) is 0 Å². The number of hydrogen-bond donors (Lipinski definition) is 1. The minimum atomic E-state index is -0.259. The average Bonchev–Trinajstić information content (AvgIpc) is 2.79. The Morgan fingerprint density at radius 1 is 1.12 bits per heavy atom. The lowest BCUT2D eigenvalue weighted by Crippen LogP contribution is -2.23. The number of benzene rings is 2. The van der Waals surface area contributed by atoms with Crippen LogP contribution >= 0.6 is 11.6 Å². The summed E-state index contributed by atoms with van der Waals surface area (Å²) >= 11 is 5.94. The van der Waals surface area contributed by atoms with Gasteiger partial charge in [-0.25, -0.2) is 4.68 Å². The highest BCUT2D eigenvalue weighted by Gasteiger charge is 2.18. The largest absolute Gasteiger partial charge is 0.320 e. The molecule has 0 saturated heterocycles. The molecule has 0 aliphatic rings. The molecule has 128 valence electrons. The minimum Gasteiger partial charge on any atom is -0.320 e. The molecule has 0 aliphatic heterocycles. The van der Waals surface area contributed by atoms with Crippen LogP contribution in [0.15, 0.2) is 59.4 Å². The molecule has 25 heavy (non-hydrogen) atoms. The first-order valence-electron chi connectivity index (χ1n) is 7.85. The number of para-hydroxylation sites is 1. The third-order valence-electron chi connectivity index (χ3n) is 4.07. The molecular formula is C19H18ClN3O2. The summed E-state index contributed by atoms with van der Waals surface area (Å²) in [6, 6.07) is 16.4. The second-order valence-electron chi connectivity index (χ2n) is 5.79. The average molecular weight is 356 g/mol. The van der Waals surface area contributed by atoms with E-state index in [9.17, 15) is 9.59 Å². The Morgan fingerprint density at radius 3 is 2.52 bits per heavy atom. The van der Waals surface area contributed by atoms with Gasteiger partial charge in [0.2, 0.25) is 5.91 Å². The van der Waals surface area contributed by atoms with Crippen LogP contribution in [0.25, 0.3) is 5.69 Å². The van der Waals surface area contributed by atoms with Crippen molar-refractivity contribution >= 4 is 23.2 Å². The molecule has 0 radical (unpaired) electrons.